The second kappa shape index (κ2) is 2.70. The van der Waals surface area contributed by atoms with E-state index in [-0.39, 0.29) is 6.42 Å². The van der Waals surface area contributed by atoms with Crippen molar-refractivity contribution in [3.8, 4) is 0 Å². The zero-order valence-corrected chi connectivity index (χ0v) is 5.94. The summed E-state index contributed by atoms with van der Waals surface area (Å²) in [6.45, 7) is 0. The molecule has 1 aromatic heterocycles. The summed E-state index contributed by atoms with van der Waals surface area (Å²) in [5, 5.41) is 10.0. The van der Waals surface area contributed by atoms with Crippen LogP contribution in [0.3, 0.4) is 0 Å². The van der Waals surface area contributed by atoms with Crippen molar-refractivity contribution >= 4 is 23.0 Å². The van der Waals surface area contributed by atoms with Crippen molar-refractivity contribution < 1.29 is 9.90 Å². The Labute approximate surface area is 62.1 Å². The number of carboxylic acid groups (broad SMARTS) is 1. The molecule has 0 saturated heterocycles. The van der Waals surface area contributed by atoms with Crippen LogP contribution in [0.25, 0.3) is 0 Å². The van der Waals surface area contributed by atoms with Crippen molar-refractivity contribution in [2.24, 2.45) is 0 Å². The molecule has 0 aliphatic carbocycles. The van der Waals surface area contributed by atoms with Gasteiger partial charge in [-0.25, -0.2) is 0 Å². The van der Waals surface area contributed by atoms with Gasteiger partial charge in [0.2, 0.25) is 0 Å². The fourth-order valence-electron chi connectivity index (χ4n) is 0.582. The monoisotopic (exact) mass is 156 g/mol. The number of carboxylic acids is 1. The summed E-state index contributed by atoms with van der Waals surface area (Å²) < 4.78 is 0. The van der Waals surface area contributed by atoms with Crippen molar-refractivity contribution in [3.63, 3.8) is 0 Å². The number of hydrogen-bond donors (Lipinski definition) is 2. The van der Waals surface area contributed by atoms with Gasteiger partial charge in [-0.1, -0.05) is 0 Å². The molecule has 1 radical (unpaired) electrons. The lowest BCUT2D eigenvalue weighted by atomic mass is 10.3. The van der Waals surface area contributed by atoms with Crippen LogP contribution in [-0.2, 0) is 11.2 Å². The summed E-state index contributed by atoms with van der Waals surface area (Å²) in [4.78, 5) is 10.8. The van der Waals surface area contributed by atoms with Gasteiger partial charge in [0.1, 0.15) is 0 Å². The molecule has 1 rings (SSSR count). The average Bonchev–Trinajstić information content (AvgIpc) is 2.15. The van der Waals surface area contributed by atoms with Gasteiger partial charge in [-0.15, -0.1) is 11.3 Å². The van der Waals surface area contributed by atoms with Gasteiger partial charge in [-0.3, -0.25) is 4.79 Å². The van der Waals surface area contributed by atoms with Crippen molar-refractivity contribution in [1.29, 1.82) is 0 Å². The Balaban J connectivity index is 2.74. The standard InChI is InChI=1S/C6H6NO2S/c7-4-1-2-10-5(4)3-6(8)9/h2H,3,7H2,(H,8,9). The van der Waals surface area contributed by atoms with Gasteiger partial charge >= 0.3 is 5.97 Å². The Morgan fingerprint density at radius 2 is 2.60 bits per heavy atom. The van der Waals surface area contributed by atoms with Gasteiger partial charge in [0.05, 0.1) is 12.1 Å². The largest absolute Gasteiger partial charge is 0.481 e. The Morgan fingerprint density at radius 3 is 3.00 bits per heavy atom. The zero-order chi connectivity index (χ0) is 7.56. The first-order valence-electron chi connectivity index (χ1n) is 2.65. The maximum atomic E-state index is 10.2. The minimum Gasteiger partial charge on any atom is -0.481 e. The van der Waals surface area contributed by atoms with Crippen molar-refractivity contribution in [2.45, 2.75) is 6.42 Å². The third-order valence-electron chi connectivity index (χ3n) is 1.03. The molecule has 0 unspecified atom stereocenters. The molecule has 0 saturated carbocycles. The van der Waals surface area contributed by atoms with Gasteiger partial charge in [0, 0.05) is 16.3 Å². The summed E-state index contributed by atoms with van der Waals surface area (Å²) in [6, 6.07) is 2.71. The van der Waals surface area contributed by atoms with Crippen LogP contribution in [0.15, 0.2) is 5.38 Å². The highest BCUT2D eigenvalue weighted by Crippen LogP contribution is 2.18. The number of rotatable bonds is 2. The first kappa shape index (κ1) is 7.08. The van der Waals surface area contributed by atoms with E-state index in [1.54, 1.807) is 5.38 Å². The second-order valence-electron chi connectivity index (χ2n) is 1.79. The van der Waals surface area contributed by atoms with E-state index < -0.39 is 5.97 Å². The molecule has 0 aliphatic rings. The van der Waals surface area contributed by atoms with Crippen LogP contribution in [0.1, 0.15) is 4.88 Å². The molecule has 0 aliphatic heterocycles. The molecule has 53 valence electrons. The Bertz CT molecular complexity index is 244. The number of anilines is 1. The molecule has 0 spiro atoms. The normalized spacial score (nSPS) is 9.60. The van der Waals surface area contributed by atoms with Crippen LogP contribution < -0.4 is 5.73 Å². The van der Waals surface area contributed by atoms with E-state index in [1.807, 2.05) is 0 Å². The molecule has 3 nitrogen and oxygen atoms in total. The Kier molecular flexibility index (Phi) is 1.91. The molecule has 0 bridgehead atoms. The third kappa shape index (κ3) is 1.48. The molecule has 1 heterocycles. The minimum absolute atomic E-state index is 0. The first-order valence-corrected chi connectivity index (χ1v) is 3.53. The van der Waals surface area contributed by atoms with E-state index in [1.165, 1.54) is 11.3 Å². The summed E-state index contributed by atoms with van der Waals surface area (Å²) >= 11 is 1.32. The highest BCUT2D eigenvalue weighted by molar-refractivity contribution is 7.10. The quantitative estimate of drug-likeness (QED) is 0.664. The van der Waals surface area contributed by atoms with Crippen LogP contribution in [0.4, 0.5) is 5.69 Å². The van der Waals surface area contributed by atoms with E-state index in [0.29, 0.717) is 10.6 Å². The van der Waals surface area contributed by atoms with Crippen molar-refractivity contribution in [2.75, 3.05) is 5.73 Å². The Morgan fingerprint density at radius 1 is 1.90 bits per heavy atom. The molecule has 0 fully saturated rings. The number of thiophene rings is 1. The number of nitrogen functional groups attached to an aromatic ring is 1. The van der Waals surface area contributed by atoms with E-state index in [0.717, 1.165) is 0 Å². The molecule has 1 aromatic rings. The van der Waals surface area contributed by atoms with Crippen LogP contribution in [0.2, 0.25) is 0 Å². The lowest BCUT2D eigenvalue weighted by Crippen LogP contribution is -2.00. The number of hydrogen-bond acceptors (Lipinski definition) is 3. The van der Waals surface area contributed by atoms with E-state index in [9.17, 15) is 4.79 Å². The number of carbonyl (C=O) groups is 1. The molecular formula is C6H6NO2S. The number of nitrogens with two attached hydrogens (primary N) is 1. The molecule has 4 heteroatoms. The first-order chi connectivity index (χ1) is 4.70. The van der Waals surface area contributed by atoms with Gasteiger partial charge in [-0.05, 0) is 0 Å². The highest BCUT2D eigenvalue weighted by Gasteiger charge is 2.04. The molecule has 3 N–H and O–H groups in total. The maximum absolute atomic E-state index is 10.2. The van der Waals surface area contributed by atoms with Gasteiger partial charge in [0.25, 0.3) is 0 Å². The summed E-state index contributed by atoms with van der Waals surface area (Å²) in [5.74, 6) is -0.859. The summed E-state index contributed by atoms with van der Waals surface area (Å²) in [7, 11) is 0. The molecule has 0 atom stereocenters. The van der Waals surface area contributed by atoms with Gasteiger partial charge in [0.15, 0.2) is 0 Å². The highest BCUT2D eigenvalue weighted by atomic mass is 32.1. The van der Waals surface area contributed by atoms with Crippen LogP contribution >= 0.6 is 11.3 Å². The van der Waals surface area contributed by atoms with E-state index in [2.05, 4.69) is 6.07 Å². The van der Waals surface area contributed by atoms with Crippen LogP contribution in [0, 0.1) is 6.07 Å². The van der Waals surface area contributed by atoms with Gasteiger partial charge < -0.3 is 10.8 Å². The van der Waals surface area contributed by atoms with Gasteiger partial charge in [-0.2, -0.15) is 0 Å². The van der Waals surface area contributed by atoms with Crippen molar-refractivity contribution in [1.82, 2.24) is 0 Å². The fourth-order valence-corrected chi connectivity index (χ4v) is 1.30. The summed E-state index contributed by atoms with van der Waals surface area (Å²) in [5.41, 5.74) is 5.83. The van der Waals surface area contributed by atoms with E-state index >= 15 is 0 Å². The van der Waals surface area contributed by atoms with Crippen molar-refractivity contribution in [3.05, 3.63) is 16.3 Å². The predicted octanol–water partition coefficient (Wildman–Crippen LogP) is 0.758. The minimum atomic E-state index is -0.859. The van der Waals surface area contributed by atoms with Crippen LogP contribution in [-0.4, -0.2) is 11.1 Å². The third-order valence-corrected chi connectivity index (χ3v) is 1.91. The summed E-state index contributed by atoms with van der Waals surface area (Å²) in [6.07, 6.45) is 0. The molecular weight excluding hydrogens is 150 g/mol. The van der Waals surface area contributed by atoms with Crippen LogP contribution in [0.5, 0.6) is 0 Å². The van der Waals surface area contributed by atoms with E-state index in [4.69, 9.17) is 10.8 Å². The molecule has 0 amide bonds. The smallest absolute Gasteiger partial charge is 0.308 e. The number of aliphatic carboxylic acids is 1. The SMILES string of the molecule is Nc1[c]csc1CC(=O)O. The molecule has 0 aromatic carbocycles. The maximum Gasteiger partial charge on any atom is 0.308 e. The lowest BCUT2D eigenvalue weighted by Gasteiger charge is -1.91. The Hall–Kier alpha value is -1.03. The second-order valence-corrected chi connectivity index (χ2v) is 2.75. The average molecular weight is 156 g/mol. The fraction of sp³-hybridized carbons (Fsp3) is 0.167. The molecule has 10 heavy (non-hydrogen) atoms. The topological polar surface area (TPSA) is 63.3 Å². The zero-order valence-electron chi connectivity index (χ0n) is 5.13. The lowest BCUT2D eigenvalue weighted by molar-refractivity contribution is -0.136. The predicted molar refractivity (Wildman–Crippen MR) is 38.9 cm³/mol.